The molecule has 8 heteroatoms. The summed E-state index contributed by atoms with van der Waals surface area (Å²) in [5, 5.41) is 3.33. The Morgan fingerprint density at radius 2 is 2.17 bits per heavy atom. The number of nitrogens with zero attached hydrogens (tertiary/aromatic N) is 2. The molecule has 2 N–H and O–H groups in total. The van der Waals surface area contributed by atoms with Gasteiger partial charge in [0.2, 0.25) is 0 Å². The molecule has 6 nitrogen and oxygen atoms in total. The minimum atomic E-state index is -0.468. The number of benzene rings is 1. The van der Waals surface area contributed by atoms with Crippen LogP contribution in [0.5, 0.6) is 0 Å². The van der Waals surface area contributed by atoms with Gasteiger partial charge in [0.05, 0.1) is 15.9 Å². The predicted molar refractivity (Wildman–Crippen MR) is 110 cm³/mol. The molecule has 150 valence electrons. The number of aromatic nitrogens is 2. The van der Waals surface area contributed by atoms with E-state index >= 15 is 0 Å². The van der Waals surface area contributed by atoms with E-state index in [0.717, 1.165) is 30.7 Å². The molecule has 0 radical (unpaired) electrons. The number of carbonyl (C=O) groups is 2. The molecule has 1 saturated heterocycles. The summed E-state index contributed by atoms with van der Waals surface area (Å²) in [6.45, 7) is 2.53. The average molecular weight is 412 g/mol. The zero-order valence-electron chi connectivity index (χ0n) is 15.9. The van der Waals surface area contributed by atoms with Gasteiger partial charge in [0, 0.05) is 24.5 Å². The van der Waals surface area contributed by atoms with Crippen LogP contribution in [0, 0.1) is 12.7 Å². The summed E-state index contributed by atoms with van der Waals surface area (Å²) in [5.74, 6) is -0.132. The highest BCUT2D eigenvalue weighted by Crippen LogP contribution is 2.34. The maximum absolute atomic E-state index is 13.4. The monoisotopic (exact) mass is 412 g/mol. The van der Waals surface area contributed by atoms with Crippen molar-refractivity contribution in [2.24, 2.45) is 0 Å². The first-order valence-electron chi connectivity index (χ1n) is 9.50. The molecule has 29 heavy (non-hydrogen) atoms. The highest BCUT2D eigenvalue weighted by molar-refractivity contribution is 7.18. The van der Waals surface area contributed by atoms with Gasteiger partial charge >= 0.3 is 0 Å². The van der Waals surface area contributed by atoms with E-state index in [0.29, 0.717) is 16.4 Å². The Kier molecular flexibility index (Phi) is 5.44. The number of nitrogens with one attached hydrogen (secondary N) is 2. The van der Waals surface area contributed by atoms with Crippen LogP contribution in [-0.4, -0.2) is 33.2 Å². The Bertz CT molecular complexity index is 1030. The smallest absolute Gasteiger partial charge is 0.264 e. The van der Waals surface area contributed by atoms with E-state index in [-0.39, 0.29) is 17.5 Å². The minimum absolute atomic E-state index is 0.0557. The number of imidazole rings is 1. The molecule has 3 heterocycles. The van der Waals surface area contributed by atoms with Gasteiger partial charge < -0.3 is 15.2 Å². The number of aryl methyl sites for hydroxylation is 1. The molecule has 4 rings (SSSR count). The van der Waals surface area contributed by atoms with Crippen LogP contribution in [0.15, 0.2) is 42.7 Å². The van der Waals surface area contributed by atoms with E-state index in [1.165, 1.54) is 29.5 Å². The summed E-state index contributed by atoms with van der Waals surface area (Å²) < 4.78 is 13.4. The van der Waals surface area contributed by atoms with Crippen LogP contribution in [0.2, 0.25) is 0 Å². The van der Waals surface area contributed by atoms with Gasteiger partial charge in [-0.3, -0.25) is 9.59 Å². The molecule has 1 fully saturated rings. The van der Waals surface area contributed by atoms with Crippen LogP contribution in [0.1, 0.15) is 56.7 Å². The van der Waals surface area contributed by atoms with Crippen molar-refractivity contribution >= 4 is 28.2 Å². The second kappa shape index (κ2) is 8.16. The first-order valence-corrected chi connectivity index (χ1v) is 10.3. The lowest BCUT2D eigenvalue weighted by Crippen LogP contribution is -2.38. The molecular weight excluding hydrogens is 391 g/mol. The van der Waals surface area contributed by atoms with Crippen LogP contribution in [0.4, 0.5) is 9.39 Å². The number of aromatic amines is 1. The van der Waals surface area contributed by atoms with Crippen LogP contribution >= 0.6 is 11.3 Å². The molecule has 0 bridgehead atoms. The summed E-state index contributed by atoms with van der Waals surface area (Å²) in [6, 6.07) is 7.22. The van der Waals surface area contributed by atoms with Crippen molar-refractivity contribution < 1.29 is 14.0 Å². The number of rotatable bonds is 4. The van der Waals surface area contributed by atoms with Crippen molar-refractivity contribution in [2.75, 3.05) is 11.9 Å². The number of carbonyl (C=O) groups excluding carboxylic acids is 2. The number of halogens is 1. The van der Waals surface area contributed by atoms with Gasteiger partial charge in [0.1, 0.15) is 11.6 Å². The zero-order valence-corrected chi connectivity index (χ0v) is 16.8. The Morgan fingerprint density at radius 3 is 2.93 bits per heavy atom. The van der Waals surface area contributed by atoms with Gasteiger partial charge in [0.25, 0.3) is 11.8 Å². The second-order valence-corrected chi connectivity index (χ2v) is 8.12. The lowest BCUT2D eigenvalue weighted by Gasteiger charge is -2.34. The normalized spacial score (nSPS) is 16.6. The highest BCUT2D eigenvalue weighted by atomic mass is 32.1. The third-order valence-corrected chi connectivity index (χ3v) is 6.17. The summed E-state index contributed by atoms with van der Waals surface area (Å²) in [7, 11) is 0. The Hall–Kier alpha value is -3.00. The number of hydrogen-bond donors (Lipinski definition) is 2. The number of amides is 2. The third-order valence-electron chi connectivity index (χ3n) is 5.03. The second-order valence-electron chi connectivity index (χ2n) is 7.07. The van der Waals surface area contributed by atoms with Crippen LogP contribution < -0.4 is 5.32 Å². The van der Waals surface area contributed by atoms with Gasteiger partial charge in [-0.15, -0.1) is 11.3 Å². The fraction of sp³-hybridized carbons (Fsp3) is 0.286. The molecule has 1 aliphatic rings. The first-order chi connectivity index (χ1) is 14.0. The molecule has 0 spiro atoms. The fourth-order valence-corrected chi connectivity index (χ4v) is 4.64. The third kappa shape index (κ3) is 4.07. The first kappa shape index (κ1) is 19.3. The molecule has 3 aromatic rings. The largest absolute Gasteiger partial charge is 0.347 e. The number of hydrogen-bond acceptors (Lipinski definition) is 4. The molecule has 1 aliphatic heterocycles. The van der Waals surface area contributed by atoms with Crippen molar-refractivity contribution in [1.29, 1.82) is 0 Å². The number of anilines is 1. The Balaban J connectivity index is 1.54. The van der Waals surface area contributed by atoms with E-state index < -0.39 is 11.7 Å². The van der Waals surface area contributed by atoms with Crippen molar-refractivity contribution in [3.8, 4) is 0 Å². The van der Waals surface area contributed by atoms with Gasteiger partial charge in [-0.2, -0.15) is 0 Å². The highest BCUT2D eigenvalue weighted by Gasteiger charge is 2.31. The summed E-state index contributed by atoms with van der Waals surface area (Å²) in [6.07, 6.45) is 6.34. The Labute approximate surface area is 171 Å². The quantitative estimate of drug-likeness (QED) is 0.660. The Morgan fingerprint density at radius 1 is 1.31 bits per heavy atom. The summed E-state index contributed by atoms with van der Waals surface area (Å²) in [5.41, 5.74) is 1.04. The minimum Gasteiger partial charge on any atom is -0.347 e. The molecule has 1 unspecified atom stereocenters. The van der Waals surface area contributed by atoms with Crippen molar-refractivity contribution in [1.82, 2.24) is 14.9 Å². The molecule has 2 amide bonds. The molecular formula is C21H21FN4O2S. The molecule has 2 aromatic heterocycles. The number of thiophene rings is 1. The molecule has 0 saturated carbocycles. The van der Waals surface area contributed by atoms with Gasteiger partial charge in [-0.25, -0.2) is 9.37 Å². The predicted octanol–water partition coefficient (Wildman–Crippen LogP) is 4.54. The lowest BCUT2D eigenvalue weighted by atomic mass is 10.0. The molecule has 1 aromatic carbocycles. The summed E-state index contributed by atoms with van der Waals surface area (Å²) in [4.78, 5) is 35.6. The fourth-order valence-electron chi connectivity index (χ4n) is 3.62. The van der Waals surface area contributed by atoms with E-state index in [4.69, 9.17) is 0 Å². The SMILES string of the molecule is Cc1cc(NC(=O)c2cccc(F)c2)sc1C(=O)N1CCCCC1c1ncc[nH]1. The van der Waals surface area contributed by atoms with Crippen LogP contribution in [-0.2, 0) is 0 Å². The number of piperidine rings is 1. The molecule has 0 aliphatic carbocycles. The van der Waals surface area contributed by atoms with Crippen LogP contribution in [0.25, 0.3) is 0 Å². The lowest BCUT2D eigenvalue weighted by molar-refractivity contribution is 0.0605. The maximum Gasteiger partial charge on any atom is 0.264 e. The maximum atomic E-state index is 13.4. The van der Waals surface area contributed by atoms with Gasteiger partial charge in [-0.1, -0.05) is 6.07 Å². The van der Waals surface area contributed by atoms with Crippen molar-refractivity contribution in [3.63, 3.8) is 0 Å². The van der Waals surface area contributed by atoms with E-state index in [2.05, 4.69) is 15.3 Å². The summed E-state index contributed by atoms with van der Waals surface area (Å²) >= 11 is 1.24. The van der Waals surface area contributed by atoms with Crippen LogP contribution in [0.3, 0.4) is 0 Å². The topological polar surface area (TPSA) is 78.1 Å². The van der Waals surface area contributed by atoms with Gasteiger partial charge in [-0.05, 0) is 56.0 Å². The van der Waals surface area contributed by atoms with E-state index in [1.54, 1.807) is 24.5 Å². The van der Waals surface area contributed by atoms with Gasteiger partial charge in [0.15, 0.2) is 0 Å². The van der Waals surface area contributed by atoms with E-state index in [9.17, 15) is 14.0 Å². The molecule has 1 atom stereocenters. The zero-order chi connectivity index (χ0) is 20.4. The number of likely N-dealkylation sites (tertiary alicyclic amines) is 1. The standard InChI is InChI=1S/C21H21FN4O2S/c1-13-11-17(25-20(27)14-5-4-6-15(22)12-14)29-18(13)21(28)26-10-3-2-7-16(26)19-23-8-9-24-19/h4-6,8-9,11-12,16H,2-3,7,10H2,1H3,(H,23,24)(H,25,27). The van der Waals surface area contributed by atoms with E-state index in [1.807, 2.05) is 11.8 Å². The van der Waals surface area contributed by atoms with Crippen molar-refractivity contribution in [3.05, 3.63) is 70.4 Å². The number of H-pyrrole nitrogens is 1. The van der Waals surface area contributed by atoms with Crippen molar-refractivity contribution in [2.45, 2.75) is 32.2 Å². The average Bonchev–Trinajstić information content (AvgIpc) is 3.37.